The van der Waals surface area contributed by atoms with E-state index in [2.05, 4.69) is 36.1 Å². The van der Waals surface area contributed by atoms with Crippen molar-refractivity contribution in [3.8, 4) is 0 Å². The van der Waals surface area contributed by atoms with E-state index >= 15 is 0 Å². The molecule has 4 heteroatoms. The Labute approximate surface area is 144 Å². The Balaban J connectivity index is 1.57. The van der Waals surface area contributed by atoms with E-state index in [9.17, 15) is 4.79 Å². The Bertz CT molecular complexity index is 698. The Morgan fingerprint density at radius 2 is 2.12 bits per heavy atom. The van der Waals surface area contributed by atoms with Gasteiger partial charge in [-0.1, -0.05) is 27.2 Å². The topological polar surface area (TPSA) is 57.8 Å². The molecule has 24 heavy (non-hydrogen) atoms. The van der Waals surface area contributed by atoms with Gasteiger partial charge in [-0.05, 0) is 54.7 Å². The van der Waals surface area contributed by atoms with Gasteiger partial charge in [0.25, 0.3) is 0 Å². The van der Waals surface area contributed by atoms with Crippen molar-refractivity contribution >= 4 is 16.9 Å². The molecule has 2 atom stereocenters. The standard InChI is InChI=1S/C20H29N3O/c1-20(2,3)15-6-4-7-16(10-9-15)23-18(24)12-14-13-22-19-17(14)8-5-11-21-19/h5,8,11,13,15-16H,4,6-7,9-10,12H2,1-3H3,(H,21,22)(H,23,24)/t15-,16-/m0/s1. The van der Waals surface area contributed by atoms with Crippen molar-refractivity contribution < 1.29 is 4.79 Å². The van der Waals surface area contributed by atoms with Crippen LogP contribution in [-0.2, 0) is 11.2 Å². The molecule has 2 aromatic rings. The second-order valence-corrected chi connectivity index (χ2v) is 8.23. The zero-order valence-corrected chi connectivity index (χ0v) is 15.1. The number of nitrogens with one attached hydrogen (secondary N) is 2. The van der Waals surface area contributed by atoms with Gasteiger partial charge < -0.3 is 10.3 Å². The number of hydrogen-bond acceptors (Lipinski definition) is 2. The third kappa shape index (κ3) is 3.97. The monoisotopic (exact) mass is 327 g/mol. The second-order valence-electron chi connectivity index (χ2n) is 8.23. The van der Waals surface area contributed by atoms with Crippen molar-refractivity contribution in [2.45, 2.75) is 65.3 Å². The number of aromatic amines is 1. The van der Waals surface area contributed by atoms with Gasteiger partial charge in [0.05, 0.1) is 6.42 Å². The second kappa shape index (κ2) is 6.96. The van der Waals surface area contributed by atoms with E-state index in [1.54, 1.807) is 6.20 Å². The molecule has 1 aliphatic rings. The molecule has 1 aliphatic carbocycles. The van der Waals surface area contributed by atoms with Crippen LogP contribution in [0, 0.1) is 11.3 Å². The molecule has 130 valence electrons. The van der Waals surface area contributed by atoms with Crippen LogP contribution in [0.3, 0.4) is 0 Å². The smallest absolute Gasteiger partial charge is 0.224 e. The Morgan fingerprint density at radius 3 is 2.92 bits per heavy atom. The van der Waals surface area contributed by atoms with Crippen LogP contribution in [0.4, 0.5) is 0 Å². The first-order chi connectivity index (χ1) is 11.4. The van der Waals surface area contributed by atoms with Crippen molar-refractivity contribution in [3.63, 3.8) is 0 Å². The maximum Gasteiger partial charge on any atom is 0.224 e. The number of fused-ring (bicyclic) bond motifs is 1. The van der Waals surface area contributed by atoms with Crippen LogP contribution in [-0.4, -0.2) is 21.9 Å². The minimum absolute atomic E-state index is 0.124. The van der Waals surface area contributed by atoms with Crippen molar-refractivity contribution in [3.05, 3.63) is 30.1 Å². The summed E-state index contributed by atoms with van der Waals surface area (Å²) in [4.78, 5) is 19.9. The number of pyridine rings is 1. The molecule has 0 aliphatic heterocycles. The average Bonchev–Trinajstić information content (AvgIpc) is 2.76. The van der Waals surface area contributed by atoms with E-state index in [4.69, 9.17) is 0 Å². The summed E-state index contributed by atoms with van der Waals surface area (Å²) in [6, 6.07) is 4.25. The highest BCUT2D eigenvalue weighted by atomic mass is 16.1. The first-order valence-corrected chi connectivity index (χ1v) is 9.14. The molecule has 0 radical (unpaired) electrons. The zero-order valence-electron chi connectivity index (χ0n) is 15.1. The number of hydrogen-bond donors (Lipinski definition) is 2. The number of carbonyl (C=O) groups excluding carboxylic acids is 1. The number of rotatable bonds is 3. The van der Waals surface area contributed by atoms with Crippen LogP contribution in [0.25, 0.3) is 11.0 Å². The molecule has 1 fully saturated rings. The summed E-state index contributed by atoms with van der Waals surface area (Å²) in [5.74, 6) is 0.887. The number of nitrogens with zero attached hydrogens (tertiary/aromatic N) is 1. The van der Waals surface area contributed by atoms with Crippen LogP contribution in [0.15, 0.2) is 24.5 Å². The van der Waals surface area contributed by atoms with Gasteiger partial charge in [-0.2, -0.15) is 0 Å². The van der Waals surface area contributed by atoms with E-state index in [1.165, 1.54) is 19.3 Å². The normalized spacial score (nSPS) is 22.3. The first kappa shape index (κ1) is 17.0. The molecule has 2 aromatic heterocycles. The lowest BCUT2D eigenvalue weighted by Crippen LogP contribution is -2.35. The summed E-state index contributed by atoms with van der Waals surface area (Å²) in [6.45, 7) is 7.00. The molecule has 0 bridgehead atoms. The molecule has 3 rings (SSSR count). The molecule has 0 aromatic carbocycles. The summed E-state index contributed by atoms with van der Waals surface area (Å²) >= 11 is 0. The maximum absolute atomic E-state index is 12.5. The van der Waals surface area contributed by atoms with Crippen LogP contribution in [0.5, 0.6) is 0 Å². The van der Waals surface area contributed by atoms with Crippen LogP contribution >= 0.6 is 0 Å². The Hall–Kier alpha value is -1.84. The van der Waals surface area contributed by atoms with Crippen molar-refractivity contribution in [2.75, 3.05) is 0 Å². The SMILES string of the molecule is CC(C)(C)[C@H]1CCC[C@H](NC(=O)Cc2c[nH]c3ncccc23)CC1. The maximum atomic E-state index is 12.5. The summed E-state index contributed by atoms with van der Waals surface area (Å²) in [5.41, 5.74) is 2.25. The Kier molecular flexibility index (Phi) is 4.93. The minimum Gasteiger partial charge on any atom is -0.353 e. The molecular weight excluding hydrogens is 298 g/mol. The summed E-state index contributed by atoms with van der Waals surface area (Å²) in [7, 11) is 0. The van der Waals surface area contributed by atoms with Crippen molar-refractivity contribution in [1.82, 2.24) is 15.3 Å². The first-order valence-electron chi connectivity index (χ1n) is 9.14. The molecule has 1 amide bonds. The lowest BCUT2D eigenvalue weighted by molar-refractivity contribution is -0.121. The minimum atomic E-state index is 0.124. The highest BCUT2D eigenvalue weighted by molar-refractivity contribution is 5.87. The number of aromatic nitrogens is 2. The molecular formula is C20H29N3O. The quantitative estimate of drug-likeness (QED) is 0.829. The molecule has 1 saturated carbocycles. The fourth-order valence-corrected chi connectivity index (χ4v) is 3.92. The largest absolute Gasteiger partial charge is 0.353 e. The van der Waals surface area contributed by atoms with Crippen LogP contribution in [0.2, 0.25) is 0 Å². The highest BCUT2D eigenvalue weighted by Crippen LogP contribution is 2.36. The summed E-state index contributed by atoms with van der Waals surface area (Å²) in [5, 5.41) is 4.30. The zero-order chi connectivity index (χ0) is 17.2. The summed E-state index contributed by atoms with van der Waals surface area (Å²) < 4.78 is 0. The van der Waals surface area contributed by atoms with Gasteiger partial charge in [-0.3, -0.25) is 4.79 Å². The molecule has 0 spiro atoms. The van der Waals surface area contributed by atoms with Crippen LogP contribution in [0.1, 0.15) is 58.4 Å². The van der Waals surface area contributed by atoms with Crippen LogP contribution < -0.4 is 5.32 Å². The van der Waals surface area contributed by atoms with E-state index < -0.39 is 0 Å². The van der Waals surface area contributed by atoms with Crippen molar-refractivity contribution in [1.29, 1.82) is 0 Å². The van der Waals surface area contributed by atoms with Crippen molar-refractivity contribution in [2.24, 2.45) is 11.3 Å². The van der Waals surface area contributed by atoms with E-state index in [1.807, 2.05) is 18.3 Å². The fourth-order valence-electron chi connectivity index (χ4n) is 3.92. The molecule has 0 saturated heterocycles. The molecule has 2 heterocycles. The average molecular weight is 327 g/mol. The lowest BCUT2D eigenvalue weighted by atomic mass is 9.76. The summed E-state index contributed by atoms with van der Waals surface area (Å²) in [6.07, 6.45) is 10.0. The van der Waals surface area contributed by atoms with Gasteiger partial charge in [0.1, 0.15) is 5.65 Å². The predicted molar refractivity (Wildman–Crippen MR) is 97.8 cm³/mol. The number of H-pyrrole nitrogens is 1. The van der Waals surface area contributed by atoms with Gasteiger partial charge in [0.2, 0.25) is 5.91 Å². The van der Waals surface area contributed by atoms with Gasteiger partial charge in [0.15, 0.2) is 0 Å². The third-order valence-corrected chi connectivity index (χ3v) is 5.45. The Morgan fingerprint density at radius 1 is 1.29 bits per heavy atom. The number of carbonyl (C=O) groups is 1. The number of amides is 1. The molecule has 2 N–H and O–H groups in total. The van der Waals surface area contributed by atoms with Gasteiger partial charge in [0, 0.05) is 23.8 Å². The van der Waals surface area contributed by atoms with Gasteiger partial charge >= 0.3 is 0 Å². The molecule has 4 nitrogen and oxygen atoms in total. The highest BCUT2D eigenvalue weighted by Gasteiger charge is 2.28. The van der Waals surface area contributed by atoms with E-state index in [0.717, 1.165) is 35.4 Å². The van der Waals surface area contributed by atoms with Gasteiger partial charge in [-0.15, -0.1) is 0 Å². The third-order valence-electron chi connectivity index (χ3n) is 5.45. The predicted octanol–water partition coefficient (Wildman–Crippen LogP) is 4.22. The fraction of sp³-hybridized carbons (Fsp3) is 0.600. The van der Waals surface area contributed by atoms with Gasteiger partial charge in [-0.25, -0.2) is 4.98 Å². The lowest BCUT2D eigenvalue weighted by Gasteiger charge is -2.29. The molecule has 0 unspecified atom stereocenters. The van der Waals surface area contributed by atoms with E-state index in [-0.39, 0.29) is 5.91 Å². The van der Waals surface area contributed by atoms with E-state index in [0.29, 0.717) is 17.9 Å².